The molecule has 0 aliphatic rings. The summed E-state index contributed by atoms with van der Waals surface area (Å²) in [6, 6.07) is 14.3. The van der Waals surface area contributed by atoms with Crippen molar-refractivity contribution in [3.8, 4) is 11.1 Å². The van der Waals surface area contributed by atoms with Crippen molar-refractivity contribution in [3.63, 3.8) is 0 Å². The normalized spacial score (nSPS) is 10.7. The SMILES string of the molecule is COC(=O)c1c(-c2ccccc2)c2cc(Br)ccc2c(=O)n1CCC(=O)O. The number of fused-ring (bicyclic) bond motifs is 1. The van der Waals surface area contributed by atoms with E-state index in [2.05, 4.69) is 15.9 Å². The summed E-state index contributed by atoms with van der Waals surface area (Å²) >= 11 is 3.41. The zero-order chi connectivity index (χ0) is 19.6. The lowest BCUT2D eigenvalue weighted by atomic mass is 9.96. The van der Waals surface area contributed by atoms with Crippen molar-refractivity contribution in [3.05, 3.63) is 69.1 Å². The number of pyridine rings is 1. The second-order valence-corrected chi connectivity index (χ2v) is 6.79. The lowest BCUT2D eigenvalue weighted by Crippen LogP contribution is -2.29. The lowest BCUT2D eigenvalue weighted by Gasteiger charge is -2.18. The van der Waals surface area contributed by atoms with Crippen molar-refractivity contribution in [2.45, 2.75) is 13.0 Å². The second kappa shape index (κ2) is 7.75. The molecule has 0 fully saturated rings. The predicted octanol–water partition coefficient (Wildman–Crippen LogP) is 3.69. The molecule has 2 aromatic carbocycles. The van der Waals surface area contributed by atoms with E-state index in [1.54, 1.807) is 18.2 Å². The van der Waals surface area contributed by atoms with E-state index in [0.717, 1.165) is 10.0 Å². The third-order valence-electron chi connectivity index (χ3n) is 4.22. The molecule has 0 saturated heterocycles. The summed E-state index contributed by atoms with van der Waals surface area (Å²) in [6.45, 7) is -0.134. The average Bonchev–Trinajstić information content (AvgIpc) is 2.66. The van der Waals surface area contributed by atoms with Gasteiger partial charge in [0.25, 0.3) is 5.56 Å². The number of esters is 1. The fourth-order valence-corrected chi connectivity index (χ4v) is 3.41. The molecule has 0 amide bonds. The fourth-order valence-electron chi connectivity index (χ4n) is 3.05. The molecule has 7 heteroatoms. The zero-order valence-electron chi connectivity index (χ0n) is 14.4. The van der Waals surface area contributed by atoms with Crippen LogP contribution in [0.25, 0.3) is 21.9 Å². The van der Waals surface area contributed by atoms with E-state index < -0.39 is 17.5 Å². The van der Waals surface area contributed by atoms with E-state index >= 15 is 0 Å². The van der Waals surface area contributed by atoms with Gasteiger partial charge in [-0.3, -0.25) is 9.59 Å². The van der Waals surface area contributed by atoms with Crippen molar-refractivity contribution >= 4 is 38.6 Å². The molecule has 0 atom stereocenters. The highest BCUT2D eigenvalue weighted by molar-refractivity contribution is 9.10. The summed E-state index contributed by atoms with van der Waals surface area (Å²) in [6.07, 6.45) is -0.292. The molecule has 27 heavy (non-hydrogen) atoms. The number of hydrogen-bond donors (Lipinski definition) is 1. The van der Waals surface area contributed by atoms with Gasteiger partial charge in [0.15, 0.2) is 0 Å². The molecule has 138 valence electrons. The van der Waals surface area contributed by atoms with Crippen LogP contribution in [0.5, 0.6) is 0 Å². The summed E-state index contributed by atoms with van der Waals surface area (Å²) in [4.78, 5) is 36.7. The first kappa shape index (κ1) is 18.8. The molecule has 1 aromatic heterocycles. The second-order valence-electron chi connectivity index (χ2n) is 5.87. The van der Waals surface area contributed by atoms with Gasteiger partial charge in [0.2, 0.25) is 0 Å². The minimum Gasteiger partial charge on any atom is -0.481 e. The van der Waals surface area contributed by atoms with Crippen LogP contribution in [-0.2, 0) is 16.1 Å². The van der Waals surface area contributed by atoms with Crippen LogP contribution in [0.1, 0.15) is 16.9 Å². The van der Waals surface area contributed by atoms with E-state index in [0.29, 0.717) is 16.3 Å². The molecular formula is C20H16BrNO5. The lowest BCUT2D eigenvalue weighted by molar-refractivity contribution is -0.137. The number of aromatic nitrogens is 1. The molecule has 1 N–H and O–H groups in total. The number of ether oxygens (including phenoxy) is 1. The van der Waals surface area contributed by atoms with E-state index in [1.807, 2.05) is 30.3 Å². The number of methoxy groups -OCH3 is 1. The maximum Gasteiger partial charge on any atom is 0.355 e. The molecule has 0 aliphatic heterocycles. The number of hydrogen-bond acceptors (Lipinski definition) is 4. The Bertz CT molecular complexity index is 1090. The van der Waals surface area contributed by atoms with E-state index in [9.17, 15) is 14.4 Å². The predicted molar refractivity (Wildman–Crippen MR) is 105 cm³/mol. The van der Waals surface area contributed by atoms with Gasteiger partial charge in [-0.05, 0) is 29.1 Å². The van der Waals surface area contributed by atoms with Crippen LogP contribution < -0.4 is 5.56 Å². The first-order valence-corrected chi connectivity index (χ1v) is 8.95. The Morgan fingerprint density at radius 1 is 1.11 bits per heavy atom. The highest BCUT2D eigenvalue weighted by Gasteiger charge is 2.24. The number of carbonyl (C=O) groups is 2. The summed E-state index contributed by atoms with van der Waals surface area (Å²) in [5.74, 6) is -1.76. The zero-order valence-corrected chi connectivity index (χ0v) is 16.0. The maximum absolute atomic E-state index is 13.0. The van der Waals surface area contributed by atoms with Crippen LogP contribution in [0.4, 0.5) is 0 Å². The molecule has 0 spiro atoms. The van der Waals surface area contributed by atoms with Crippen LogP contribution in [0.3, 0.4) is 0 Å². The molecule has 6 nitrogen and oxygen atoms in total. The van der Waals surface area contributed by atoms with Gasteiger partial charge in [0.1, 0.15) is 5.69 Å². The quantitative estimate of drug-likeness (QED) is 0.624. The summed E-state index contributed by atoms with van der Waals surface area (Å²) < 4.78 is 6.87. The maximum atomic E-state index is 13.0. The molecule has 0 radical (unpaired) electrons. The van der Waals surface area contributed by atoms with Crippen molar-refractivity contribution in [1.29, 1.82) is 0 Å². The number of rotatable bonds is 5. The van der Waals surface area contributed by atoms with Crippen LogP contribution in [0.2, 0.25) is 0 Å². The van der Waals surface area contributed by atoms with E-state index in [-0.39, 0.29) is 18.7 Å². The van der Waals surface area contributed by atoms with Gasteiger partial charge < -0.3 is 14.4 Å². The third kappa shape index (κ3) is 3.64. The van der Waals surface area contributed by atoms with Gasteiger partial charge in [0, 0.05) is 22.0 Å². The Kier molecular flexibility index (Phi) is 5.41. The monoisotopic (exact) mass is 429 g/mol. The summed E-state index contributed by atoms with van der Waals surface area (Å²) in [5, 5.41) is 10.0. The van der Waals surface area contributed by atoms with E-state index in [4.69, 9.17) is 9.84 Å². The van der Waals surface area contributed by atoms with Crippen LogP contribution in [-0.4, -0.2) is 28.7 Å². The van der Waals surface area contributed by atoms with Gasteiger partial charge in [-0.25, -0.2) is 4.79 Å². The molecule has 0 saturated carbocycles. The first-order valence-electron chi connectivity index (χ1n) is 8.15. The van der Waals surface area contributed by atoms with Gasteiger partial charge in [-0.2, -0.15) is 0 Å². The first-order chi connectivity index (χ1) is 12.9. The molecule has 0 unspecified atom stereocenters. The Morgan fingerprint density at radius 3 is 2.44 bits per heavy atom. The minimum absolute atomic E-state index is 0.0422. The Labute approximate surface area is 163 Å². The number of carboxylic acids is 1. The summed E-state index contributed by atoms with van der Waals surface area (Å²) in [5.41, 5.74) is 0.869. The van der Waals surface area contributed by atoms with Gasteiger partial charge in [-0.1, -0.05) is 46.3 Å². The van der Waals surface area contributed by atoms with Crippen molar-refractivity contribution in [1.82, 2.24) is 4.57 Å². The molecule has 3 rings (SSSR count). The summed E-state index contributed by atoms with van der Waals surface area (Å²) in [7, 11) is 1.23. The Balaban J connectivity index is 2.48. The molecule has 1 heterocycles. The van der Waals surface area contributed by atoms with Crippen molar-refractivity contribution in [2.75, 3.05) is 7.11 Å². The smallest absolute Gasteiger partial charge is 0.355 e. The molecule has 0 bridgehead atoms. The van der Waals surface area contributed by atoms with Crippen LogP contribution in [0.15, 0.2) is 57.8 Å². The van der Waals surface area contributed by atoms with Crippen molar-refractivity contribution < 1.29 is 19.4 Å². The average molecular weight is 430 g/mol. The fraction of sp³-hybridized carbons (Fsp3) is 0.150. The highest BCUT2D eigenvalue weighted by atomic mass is 79.9. The van der Waals surface area contributed by atoms with Gasteiger partial charge in [-0.15, -0.1) is 0 Å². The van der Waals surface area contributed by atoms with Crippen LogP contribution in [0, 0.1) is 0 Å². The van der Waals surface area contributed by atoms with Crippen molar-refractivity contribution in [2.24, 2.45) is 0 Å². The number of benzene rings is 2. The number of carbonyl (C=O) groups excluding carboxylic acids is 1. The molecular weight excluding hydrogens is 414 g/mol. The topological polar surface area (TPSA) is 85.6 Å². The highest BCUT2D eigenvalue weighted by Crippen LogP contribution is 2.32. The van der Waals surface area contributed by atoms with Gasteiger partial charge in [0.05, 0.1) is 13.5 Å². The Morgan fingerprint density at radius 2 is 1.81 bits per heavy atom. The third-order valence-corrected chi connectivity index (χ3v) is 4.72. The van der Waals surface area contributed by atoms with Crippen LogP contribution >= 0.6 is 15.9 Å². The Hall–Kier alpha value is -2.93. The minimum atomic E-state index is -1.06. The largest absolute Gasteiger partial charge is 0.481 e. The standard InChI is InChI=1S/C20H16BrNO5/c1-27-20(26)18-17(12-5-3-2-4-6-12)15-11-13(21)7-8-14(15)19(25)22(18)10-9-16(23)24/h2-8,11H,9-10H2,1H3,(H,23,24). The number of nitrogens with zero attached hydrogens (tertiary/aromatic N) is 1. The van der Waals surface area contributed by atoms with E-state index in [1.165, 1.54) is 11.7 Å². The number of carboxylic acid groups (broad SMARTS) is 1. The number of aliphatic carboxylic acids is 1. The number of halogens is 1. The molecule has 3 aromatic rings. The van der Waals surface area contributed by atoms with Gasteiger partial charge >= 0.3 is 11.9 Å². The molecule has 0 aliphatic carbocycles.